The SMILES string of the molecule is [2H]c1c([2H])c([2H])c(C(c2c([2H])c([2H])c([2H])c([2H])c2[2H])[C@H]2CN(C(C)C)C(=O)c3c(O)c(=O)cnn32)c([2H])c1[2H]. The summed E-state index contributed by atoms with van der Waals surface area (Å²) in [6.07, 6.45) is 0.741. The molecule has 0 saturated heterocycles. The largest absolute Gasteiger partial charge is 0.502 e. The van der Waals surface area contributed by atoms with Crippen LogP contribution in [0.1, 0.15) is 61.1 Å². The summed E-state index contributed by atoms with van der Waals surface area (Å²) in [5.41, 5.74) is -2.28. The van der Waals surface area contributed by atoms with E-state index in [-0.39, 0.29) is 6.54 Å². The molecule has 1 aliphatic heterocycles. The van der Waals surface area contributed by atoms with Crippen LogP contribution in [0.4, 0.5) is 0 Å². The minimum atomic E-state index is -1.56. The molecular formula is C23H23N3O3. The second-order valence-electron chi connectivity index (χ2n) is 6.82. The molecule has 1 aliphatic rings. The fourth-order valence-electron chi connectivity index (χ4n) is 3.46. The first-order valence-corrected chi connectivity index (χ1v) is 8.88. The van der Waals surface area contributed by atoms with Gasteiger partial charge in [-0.3, -0.25) is 14.3 Å². The summed E-state index contributed by atoms with van der Waals surface area (Å²) in [4.78, 5) is 26.8. The molecule has 1 N–H and O–H groups in total. The summed E-state index contributed by atoms with van der Waals surface area (Å²) in [5.74, 6) is -3.24. The van der Waals surface area contributed by atoms with Crippen LogP contribution in [0.2, 0.25) is 0 Å². The first kappa shape index (κ1) is 10.4. The van der Waals surface area contributed by atoms with E-state index in [0.29, 0.717) is 0 Å². The van der Waals surface area contributed by atoms with Crippen LogP contribution in [0, 0.1) is 0 Å². The third-order valence-corrected chi connectivity index (χ3v) is 4.82. The number of aromatic hydroxyl groups is 1. The van der Waals surface area contributed by atoms with E-state index in [9.17, 15) is 14.7 Å². The number of aromatic nitrogens is 2. The van der Waals surface area contributed by atoms with Gasteiger partial charge < -0.3 is 10.0 Å². The van der Waals surface area contributed by atoms with Crippen LogP contribution in [-0.2, 0) is 0 Å². The fraction of sp³-hybridized carbons (Fsp3) is 0.261. The van der Waals surface area contributed by atoms with Crippen LogP contribution in [0.5, 0.6) is 5.75 Å². The molecule has 1 aromatic heterocycles. The molecule has 0 saturated carbocycles. The van der Waals surface area contributed by atoms with Crippen molar-refractivity contribution in [2.24, 2.45) is 0 Å². The second kappa shape index (κ2) is 7.54. The highest BCUT2D eigenvalue weighted by Gasteiger charge is 2.40. The first-order chi connectivity index (χ1) is 18.1. The lowest BCUT2D eigenvalue weighted by Crippen LogP contribution is -2.49. The molecule has 2 heterocycles. The molecule has 2 aromatic carbocycles. The molecule has 0 fully saturated rings. The molecule has 0 bridgehead atoms. The van der Waals surface area contributed by atoms with E-state index in [1.54, 1.807) is 13.8 Å². The van der Waals surface area contributed by atoms with Gasteiger partial charge in [-0.1, -0.05) is 60.4 Å². The van der Waals surface area contributed by atoms with Crippen molar-refractivity contribution in [2.45, 2.75) is 31.8 Å². The van der Waals surface area contributed by atoms with E-state index in [0.717, 1.165) is 10.9 Å². The van der Waals surface area contributed by atoms with Gasteiger partial charge in [0, 0.05) is 18.5 Å². The van der Waals surface area contributed by atoms with E-state index in [1.807, 2.05) is 0 Å². The van der Waals surface area contributed by atoms with Crippen molar-refractivity contribution in [1.29, 1.82) is 0 Å². The maximum Gasteiger partial charge on any atom is 0.276 e. The van der Waals surface area contributed by atoms with Gasteiger partial charge in [-0.05, 0) is 25.0 Å². The van der Waals surface area contributed by atoms with Gasteiger partial charge in [-0.25, -0.2) is 0 Å². The van der Waals surface area contributed by atoms with Crippen molar-refractivity contribution in [1.82, 2.24) is 14.7 Å². The van der Waals surface area contributed by atoms with E-state index < -0.39 is 112 Å². The minimum Gasteiger partial charge on any atom is -0.502 e. The van der Waals surface area contributed by atoms with Crippen LogP contribution >= 0.6 is 0 Å². The standard InChI is InChI=1S/C23H23N3O3/c1-15(2)25-14-18(26-21(23(25)29)22(28)19(27)13-24-26)20(16-9-5-3-6-10-16)17-11-7-4-8-12-17/h3-13,15,18,20,28H,14H2,1-2H3/t18-/m1/s1/i3D,4D,5D,6D,7D,8D,9D,10D,11D,12D. The van der Waals surface area contributed by atoms with Crippen molar-refractivity contribution in [3.05, 3.63) is 93.7 Å². The third kappa shape index (κ3) is 3.31. The lowest BCUT2D eigenvalue weighted by atomic mass is 9.83. The van der Waals surface area contributed by atoms with Gasteiger partial charge in [0.15, 0.2) is 11.4 Å². The van der Waals surface area contributed by atoms with Crippen LogP contribution < -0.4 is 5.43 Å². The number of carbonyl (C=O) groups excluding carboxylic acids is 1. The average Bonchev–Trinajstić information content (AvgIpc) is 2.89. The molecule has 0 radical (unpaired) electrons. The number of carbonyl (C=O) groups is 1. The Hall–Kier alpha value is -3.41. The smallest absolute Gasteiger partial charge is 0.276 e. The zero-order valence-corrected chi connectivity index (χ0v) is 15.6. The quantitative estimate of drug-likeness (QED) is 0.731. The van der Waals surface area contributed by atoms with Crippen LogP contribution in [-0.4, -0.2) is 38.3 Å². The Morgan fingerprint density at radius 1 is 1.03 bits per heavy atom. The third-order valence-electron chi connectivity index (χ3n) is 4.82. The summed E-state index contributed by atoms with van der Waals surface area (Å²) in [7, 11) is 0. The van der Waals surface area contributed by atoms with Crippen LogP contribution in [0.15, 0.2) is 71.4 Å². The molecule has 3 aromatic rings. The van der Waals surface area contributed by atoms with E-state index >= 15 is 0 Å². The lowest BCUT2D eigenvalue weighted by molar-refractivity contribution is 0.0570. The maximum absolute atomic E-state index is 13.3. The number of hydrogen-bond acceptors (Lipinski definition) is 4. The topological polar surface area (TPSA) is 75.4 Å². The van der Waals surface area contributed by atoms with Crippen molar-refractivity contribution in [3.63, 3.8) is 0 Å². The van der Waals surface area contributed by atoms with Gasteiger partial charge in [0.2, 0.25) is 5.43 Å². The molecular weight excluding hydrogens is 366 g/mol. The lowest BCUT2D eigenvalue weighted by Gasteiger charge is -2.40. The second-order valence-corrected chi connectivity index (χ2v) is 6.82. The Bertz CT molecular complexity index is 1480. The summed E-state index contributed by atoms with van der Waals surface area (Å²) in [6.45, 7) is 3.05. The highest BCUT2D eigenvalue weighted by molar-refractivity contribution is 5.96. The molecule has 0 unspecified atom stereocenters. The zero-order chi connectivity index (χ0) is 29.2. The number of nitrogens with zero attached hydrogens (tertiary/aromatic N) is 3. The molecule has 0 spiro atoms. The Balaban J connectivity index is 2.22. The summed E-state index contributed by atoms with van der Waals surface area (Å²) < 4.78 is 84.3. The fourth-order valence-corrected chi connectivity index (χ4v) is 3.46. The van der Waals surface area contributed by atoms with Crippen LogP contribution in [0.25, 0.3) is 0 Å². The van der Waals surface area contributed by atoms with E-state index in [4.69, 9.17) is 13.7 Å². The molecule has 4 rings (SSSR count). The normalized spacial score (nSPS) is 21.2. The van der Waals surface area contributed by atoms with Crippen molar-refractivity contribution in [2.75, 3.05) is 6.54 Å². The van der Waals surface area contributed by atoms with Crippen molar-refractivity contribution in [3.8, 4) is 5.75 Å². The Kier molecular flexibility index (Phi) is 2.70. The number of benzene rings is 2. The van der Waals surface area contributed by atoms with Gasteiger partial charge in [-0.15, -0.1) is 0 Å². The first-order valence-electron chi connectivity index (χ1n) is 13.9. The number of amides is 1. The predicted octanol–water partition coefficient (Wildman–Crippen LogP) is 3.19. The molecule has 6 nitrogen and oxygen atoms in total. The van der Waals surface area contributed by atoms with E-state index in [2.05, 4.69) is 5.10 Å². The highest BCUT2D eigenvalue weighted by Crippen LogP contribution is 2.39. The van der Waals surface area contributed by atoms with Gasteiger partial charge in [0.25, 0.3) is 5.91 Å². The number of fused-ring (bicyclic) bond motifs is 1. The van der Waals surface area contributed by atoms with Gasteiger partial charge >= 0.3 is 0 Å². The van der Waals surface area contributed by atoms with Gasteiger partial charge in [0.1, 0.15) is 0 Å². The summed E-state index contributed by atoms with van der Waals surface area (Å²) in [5, 5.41) is 14.6. The zero-order valence-electron chi connectivity index (χ0n) is 25.6. The van der Waals surface area contributed by atoms with Crippen molar-refractivity contribution >= 4 is 5.91 Å². The molecule has 6 heteroatoms. The number of rotatable bonds is 4. The molecule has 1 amide bonds. The molecule has 148 valence electrons. The maximum atomic E-state index is 13.3. The van der Waals surface area contributed by atoms with Gasteiger partial charge in [0.05, 0.1) is 25.9 Å². The Morgan fingerprint density at radius 3 is 2.10 bits per heavy atom. The monoisotopic (exact) mass is 399 g/mol. The van der Waals surface area contributed by atoms with Crippen LogP contribution in [0.3, 0.4) is 0 Å². The molecule has 0 aliphatic carbocycles. The van der Waals surface area contributed by atoms with E-state index in [1.165, 1.54) is 4.90 Å². The Labute approximate surface area is 183 Å². The van der Waals surface area contributed by atoms with Crippen molar-refractivity contribution < 1.29 is 23.6 Å². The Morgan fingerprint density at radius 2 is 1.59 bits per heavy atom. The average molecular weight is 400 g/mol. The predicted molar refractivity (Wildman–Crippen MR) is 110 cm³/mol. The molecule has 29 heavy (non-hydrogen) atoms. The minimum absolute atomic E-state index is 0.256. The molecule has 1 atom stereocenters. The summed E-state index contributed by atoms with van der Waals surface area (Å²) in [6, 6.07) is -8.77. The highest BCUT2D eigenvalue weighted by atomic mass is 16.3. The van der Waals surface area contributed by atoms with Gasteiger partial charge in [-0.2, -0.15) is 5.10 Å². The summed E-state index contributed by atoms with van der Waals surface area (Å²) >= 11 is 0. The number of hydrogen-bond donors (Lipinski definition) is 1.